The monoisotopic (exact) mass is 398 g/mol. The highest BCUT2D eigenvalue weighted by Gasteiger charge is 2.44. The molecule has 0 aliphatic carbocycles. The van der Waals surface area contributed by atoms with Crippen molar-refractivity contribution in [1.29, 1.82) is 0 Å². The molecule has 1 aromatic carbocycles. The second-order valence-electron chi connectivity index (χ2n) is 3.58. The summed E-state index contributed by atoms with van der Waals surface area (Å²) in [7, 11) is -21.8. The Balaban J connectivity index is 3.65. The summed E-state index contributed by atoms with van der Waals surface area (Å²) in [5.74, 6) is 0. The van der Waals surface area contributed by atoms with E-state index in [4.69, 9.17) is 24.1 Å². The van der Waals surface area contributed by atoms with Crippen LogP contribution < -0.4 is 5.30 Å². The van der Waals surface area contributed by atoms with Crippen molar-refractivity contribution in [3.05, 3.63) is 24.3 Å². The van der Waals surface area contributed by atoms with E-state index in [0.717, 1.165) is 12.1 Å². The van der Waals surface area contributed by atoms with Crippen molar-refractivity contribution in [2.24, 2.45) is 0 Å². The molecular weight excluding hydrogens is 389 g/mol. The molecule has 0 spiro atoms. The number of hydrogen-bond donors (Lipinski definition) is 5. The van der Waals surface area contributed by atoms with E-state index in [1.807, 2.05) is 0 Å². The van der Waals surface area contributed by atoms with Gasteiger partial charge < -0.3 is 19.6 Å². The van der Waals surface area contributed by atoms with Crippen LogP contribution in [0.15, 0.2) is 29.2 Å². The van der Waals surface area contributed by atoms with Crippen molar-refractivity contribution < 1.29 is 54.9 Å². The Hall–Kier alpha value is -0.420. The molecule has 22 heavy (non-hydrogen) atoms. The first kappa shape index (κ1) is 19.6. The van der Waals surface area contributed by atoms with E-state index >= 15 is 0 Å². The Kier molecular flexibility index (Phi) is 5.56. The van der Waals surface area contributed by atoms with Gasteiger partial charge in [0.1, 0.15) is 4.90 Å². The zero-order chi connectivity index (χ0) is 17.4. The first-order valence-electron chi connectivity index (χ1n) is 4.85. The average Bonchev–Trinajstić information content (AvgIpc) is 2.22. The van der Waals surface area contributed by atoms with E-state index in [-0.39, 0.29) is 0 Å². The van der Waals surface area contributed by atoms with Gasteiger partial charge in [-0.1, -0.05) is 12.1 Å². The second-order valence-corrected chi connectivity index (χ2v) is 9.72. The standard InChI is InChI=1S/C6H9O12P3S/c7-19(17-20(8,9)10,18-21(11,12)13)5-3-1-2-4-6(5)22(14,15)16/h1-4H,(H2,8,9,10)(H2,11,12,13)(H,14,15,16). The van der Waals surface area contributed by atoms with Crippen molar-refractivity contribution in [2.45, 2.75) is 4.90 Å². The van der Waals surface area contributed by atoms with Gasteiger partial charge in [-0.05, 0) is 12.1 Å². The second kappa shape index (κ2) is 6.23. The minimum absolute atomic E-state index is 0.634. The lowest BCUT2D eigenvalue weighted by Crippen LogP contribution is -2.17. The third-order valence-corrected chi connectivity index (χ3v) is 7.33. The molecule has 0 unspecified atom stereocenters. The molecule has 0 heterocycles. The van der Waals surface area contributed by atoms with Crippen molar-refractivity contribution in [1.82, 2.24) is 0 Å². The summed E-state index contributed by atoms with van der Waals surface area (Å²) in [6, 6.07) is 3.33. The number of phosphoric acid groups is 2. The third kappa shape index (κ3) is 5.65. The topological polar surface area (TPSA) is 205 Å². The maximum atomic E-state index is 12.3. The predicted molar refractivity (Wildman–Crippen MR) is 69.8 cm³/mol. The molecular formula is C6H9O12P3S. The first-order chi connectivity index (χ1) is 9.64. The summed E-state index contributed by atoms with van der Waals surface area (Å²) < 4.78 is 72.8. The fourth-order valence-electron chi connectivity index (χ4n) is 1.28. The Bertz CT molecular complexity index is 774. The van der Waals surface area contributed by atoms with Gasteiger partial charge in [-0.15, -0.1) is 0 Å². The molecule has 1 aromatic rings. The molecule has 0 fully saturated rings. The van der Waals surface area contributed by atoms with E-state index < -0.39 is 43.6 Å². The van der Waals surface area contributed by atoms with Gasteiger partial charge in [-0.3, -0.25) is 9.12 Å². The van der Waals surface area contributed by atoms with Crippen LogP contribution in [0, 0.1) is 0 Å². The van der Waals surface area contributed by atoms with Gasteiger partial charge in [0.25, 0.3) is 10.1 Å². The molecule has 0 saturated carbocycles. The highest BCUT2D eigenvalue weighted by molar-refractivity contribution is 7.87. The smallest absolute Gasteiger partial charge is 0.302 e. The van der Waals surface area contributed by atoms with Crippen LogP contribution in [0.3, 0.4) is 0 Å². The highest BCUT2D eigenvalue weighted by Crippen LogP contribution is 2.66. The fourth-order valence-corrected chi connectivity index (χ4v) is 6.49. The molecule has 0 amide bonds. The number of rotatable bonds is 6. The summed E-state index contributed by atoms with van der Waals surface area (Å²) in [4.78, 5) is 33.5. The van der Waals surface area contributed by atoms with E-state index in [0.29, 0.717) is 12.1 Å². The average molecular weight is 398 g/mol. The van der Waals surface area contributed by atoms with Crippen LogP contribution in [-0.2, 0) is 32.4 Å². The molecule has 16 heteroatoms. The van der Waals surface area contributed by atoms with Crippen LogP contribution in [0.5, 0.6) is 0 Å². The van der Waals surface area contributed by atoms with E-state index in [2.05, 4.69) is 8.62 Å². The first-order valence-corrected chi connectivity index (χ1v) is 10.9. The molecule has 12 nitrogen and oxygen atoms in total. The summed E-state index contributed by atoms with van der Waals surface area (Å²) in [6.45, 7) is 0. The minimum atomic E-state index is -5.62. The van der Waals surface area contributed by atoms with Crippen LogP contribution in [0.1, 0.15) is 0 Å². The maximum Gasteiger partial charge on any atom is 0.477 e. The summed E-state index contributed by atoms with van der Waals surface area (Å²) in [5, 5.41) is -1.16. The van der Waals surface area contributed by atoms with Crippen molar-refractivity contribution in [2.75, 3.05) is 0 Å². The highest BCUT2D eigenvalue weighted by atomic mass is 32.2. The lowest BCUT2D eigenvalue weighted by molar-refractivity contribution is 0.244. The third-order valence-electron chi connectivity index (χ3n) is 1.87. The molecule has 0 saturated heterocycles. The molecule has 1 rings (SSSR count). The van der Waals surface area contributed by atoms with Crippen molar-refractivity contribution in [3.63, 3.8) is 0 Å². The molecule has 126 valence electrons. The largest absolute Gasteiger partial charge is 0.477 e. The van der Waals surface area contributed by atoms with E-state index in [1.54, 1.807) is 0 Å². The Morgan fingerprint density at radius 1 is 0.864 bits per heavy atom. The molecule has 0 aliphatic heterocycles. The zero-order valence-electron chi connectivity index (χ0n) is 10.2. The minimum Gasteiger partial charge on any atom is -0.302 e. The fraction of sp³-hybridized carbons (Fsp3) is 0. The Morgan fingerprint density at radius 2 is 1.27 bits per heavy atom. The van der Waals surface area contributed by atoms with Gasteiger partial charge in [0.2, 0.25) is 0 Å². The Morgan fingerprint density at radius 3 is 1.64 bits per heavy atom. The van der Waals surface area contributed by atoms with Gasteiger partial charge in [-0.2, -0.15) is 8.42 Å². The van der Waals surface area contributed by atoms with Gasteiger partial charge >= 0.3 is 23.2 Å². The van der Waals surface area contributed by atoms with Gasteiger partial charge in [0.05, 0.1) is 5.30 Å². The lowest BCUT2D eigenvalue weighted by Gasteiger charge is -2.20. The van der Waals surface area contributed by atoms with Crippen LogP contribution in [-0.4, -0.2) is 32.5 Å². The zero-order valence-corrected chi connectivity index (χ0v) is 13.7. The van der Waals surface area contributed by atoms with Gasteiger partial charge in [0.15, 0.2) is 0 Å². The summed E-state index contributed by atoms with van der Waals surface area (Å²) in [6.07, 6.45) is 0. The molecule has 0 aromatic heterocycles. The lowest BCUT2D eigenvalue weighted by atomic mass is 10.4. The molecule has 0 bridgehead atoms. The number of benzene rings is 1. The maximum absolute atomic E-state index is 12.3. The molecule has 5 N–H and O–H groups in total. The molecule has 0 atom stereocenters. The normalized spacial score (nSPS) is 14.0. The predicted octanol–water partition coefficient (Wildman–Crippen LogP) is -0.0297. The van der Waals surface area contributed by atoms with Crippen LogP contribution >= 0.6 is 23.2 Å². The van der Waals surface area contributed by atoms with Crippen LogP contribution in [0.25, 0.3) is 0 Å². The van der Waals surface area contributed by atoms with Gasteiger partial charge in [0, 0.05) is 0 Å². The number of hydrogen-bond acceptors (Lipinski definition) is 7. The summed E-state index contributed by atoms with van der Waals surface area (Å²) >= 11 is 0. The van der Waals surface area contributed by atoms with Crippen molar-refractivity contribution in [3.8, 4) is 0 Å². The summed E-state index contributed by atoms with van der Waals surface area (Å²) in [5.41, 5.74) is 0. The molecule has 0 aliphatic rings. The van der Waals surface area contributed by atoms with Gasteiger partial charge in [-0.25, -0.2) is 17.8 Å². The van der Waals surface area contributed by atoms with Crippen molar-refractivity contribution >= 4 is 38.7 Å². The van der Waals surface area contributed by atoms with E-state index in [1.165, 1.54) is 0 Å². The Labute approximate surface area is 123 Å². The van der Waals surface area contributed by atoms with E-state index in [9.17, 15) is 22.1 Å². The van der Waals surface area contributed by atoms with Crippen LogP contribution in [0.4, 0.5) is 0 Å². The molecule has 0 radical (unpaired) electrons. The quantitative estimate of drug-likeness (QED) is 0.316. The SMILES string of the molecule is O=P(O)(O)OP(=O)(OP(=O)(O)O)c1ccccc1S(=O)(=O)O. The van der Waals surface area contributed by atoms with Crippen LogP contribution in [0.2, 0.25) is 0 Å².